The smallest absolute Gasteiger partial charge is 0.329 e. The lowest BCUT2D eigenvalue weighted by molar-refractivity contribution is -0.142. The number of halogens is 2. The summed E-state index contributed by atoms with van der Waals surface area (Å²) in [4.78, 5) is 10.0. The number of rotatable bonds is 7. The fourth-order valence-electron chi connectivity index (χ4n) is 1.18. The number of nitrogens with one attached hydrogen (secondary N) is 1. The van der Waals surface area contributed by atoms with Crippen LogP contribution in [-0.4, -0.2) is 39.3 Å². The summed E-state index contributed by atoms with van der Waals surface area (Å²) >= 11 is 11.5. The first kappa shape index (κ1) is 16.2. The minimum absolute atomic E-state index is 0.0658. The molecule has 0 saturated heterocycles. The third kappa shape index (κ3) is 4.96. The topological polar surface area (TPSA) is 92.7 Å². The summed E-state index contributed by atoms with van der Waals surface area (Å²) in [7, 11) is -3.81. The lowest BCUT2D eigenvalue weighted by Crippen LogP contribution is -2.28. The monoisotopic (exact) mass is 327 g/mol. The number of benzene rings is 1. The molecule has 1 aromatic rings. The molecule has 0 atom stereocenters. The molecular weight excluding hydrogens is 317 g/mol. The number of aliphatic carboxylic acids is 1. The SMILES string of the molecule is O=C(O)COCCNS(=O)(=O)c1cccc(Cl)c1Cl. The van der Waals surface area contributed by atoms with Crippen LogP contribution in [0.4, 0.5) is 0 Å². The quantitative estimate of drug-likeness (QED) is 0.738. The first-order valence-electron chi connectivity index (χ1n) is 5.08. The third-order valence-electron chi connectivity index (χ3n) is 1.97. The molecule has 0 aliphatic heterocycles. The van der Waals surface area contributed by atoms with Gasteiger partial charge in [0.25, 0.3) is 0 Å². The van der Waals surface area contributed by atoms with Gasteiger partial charge in [-0.2, -0.15) is 0 Å². The fraction of sp³-hybridized carbons (Fsp3) is 0.300. The van der Waals surface area contributed by atoms with E-state index in [1.54, 1.807) is 0 Å². The van der Waals surface area contributed by atoms with E-state index in [-0.39, 0.29) is 28.1 Å². The van der Waals surface area contributed by atoms with Crippen molar-refractivity contribution in [3.05, 3.63) is 28.2 Å². The minimum atomic E-state index is -3.81. The number of carboxylic acid groups (broad SMARTS) is 1. The van der Waals surface area contributed by atoms with Gasteiger partial charge in [0.15, 0.2) is 0 Å². The first-order chi connectivity index (χ1) is 8.84. The summed E-state index contributed by atoms with van der Waals surface area (Å²) in [6.45, 7) is -0.623. The Kier molecular flexibility index (Phi) is 6.02. The molecule has 6 nitrogen and oxygen atoms in total. The maximum Gasteiger partial charge on any atom is 0.329 e. The van der Waals surface area contributed by atoms with Crippen molar-refractivity contribution in [3.8, 4) is 0 Å². The molecule has 0 saturated carbocycles. The number of hydrogen-bond donors (Lipinski definition) is 2. The summed E-state index contributed by atoms with van der Waals surface area (Å²) in [5.74, 6) is -1.12. The maximum absolute atomic E-state index is 11.9. The van der Waals surface area contributed by atoms with Gasteiger partial charge in [-0.25, -0.2) is 17.9 Å². The maximum atomic E-state index is 11.9. The van der Waals surface area contributed by atoms with Gasteiger partial charge >= 0.3 is 5.97 Å². The van der Waals surface area contributed by atoms with Gasteiger partial charge in [-0.05, 0) is 12.1 Å². The molecule has 0 unspecified atom stereocenters. The molecule has 0 heterocycles. The van der Waals surface area contributed by atoms with E-state index in [0.717, 1.165) is 0 Å². The second-order valence-electron chi connectivity index (χ2n) is 3.40. The van der Waals surface area contributed by atoms with Crippen LogP contribution in [0.3, 0.4) is 0 Å². The molecule has 0 aromatic heterocycles. The lowest BCUT2D eigenvalue weighted by Gasteiger charge is -2.09. The molecule has 2 N–H and O–H groups in total. The number of ether oxygens (including phenoxy) is 1. The fourth-order valence-corrected chi connectivity index (χ4v) is 2.95. The molecule has 0 amide bonds. The largest absolute Gasteiger partial charge is 0.480 e. The van der Waals surface area contributed by atoms with E-state index < -0.39 is 22.6 Å². The summed E-state index contributed by atoms with van der Waals surface area (Å²) in [5.41, 5.74) is 0. The summed E-state index contributed by atoms with van der Waals surface area (Å²) in [5, 5.41) is 8.39. The first-order valence-corrected chi connectivity index (χ1v) is 7.31. The number of carbonyl (C=O) groups is 1. The van der Waals surface area contributed by atoms with E-state index in [2.05, 4.69) is 4.72 Å². The van der Waals surface area contributed by atoms with Gasteiger partial charge in [0, 0.05) is 6.54 Å². The molecule has 0 fully saturated rings. The minimum Gasteiger partial charge on any atom is -0.480 e. The van der Waals surface area contributed by atoms with Crippen molar-refractivity contribution in [2.75, 3.05) is 19.8 Å². The molecule has 0 radical (unpaired) electrons. The second kappa shape index (κ2) is 7.06. The number of sulfonamides is 1. The molecule has 19 heavy (non-hydrogen) atoms. The Balaban J connectivity index is 2.61. The Morgan fingerprint density at radius 2 is 2.05 bits per heavy atom. The van der Waals surface area contributed by atoms with Gasteiger partial charge in [0.05, 0.1) is 16.7 Å². The number of hydrogen-bond acceptors (Lipinski definition) is 4. The van der Waals surface area contributed by atoms with Crippen LogP contribution >= 0.6 is 23.2 Å². The van der Waals surface area contributed by atoms with Gasteiger partial charge in [0.2, 0.25) is 10.0 Å². The van der Waals surface area contributed by atoms with E-state index in [4.69, 9.17) is 33.0 Å². The van der Waals surface area contributed by atoms with Gasteiger partial charge in [0.1, 0.15) is 11.5 Å². The van der Waals surface area contributed by atoms with Gasteiger partial charge in [-0.1, -0.05) is 29.3 Å². The molecule has 0 bridgehead atoms. The van der Waals surface area contributed by atoms with Crippen molar-refractivity contribution < 1.29 is 23.1 Å². The van der Waals surface area contributed by atoms with Crippen molar-refractivity contribution in [1.82, 2.24) is 4.72 Å². The highest BCUT2D eigenvalue weighted by Gasteiger charge is 2.18. The average Bonchev–Trinajstić information content (AvgIpc) is 2.31. The van der Waals surface area contributed by atoms with Crippen LogP contribution in [0.1, 0.15) is 0 Å². The van der Waals surface area contributed by atoms with Crippen molar-refractivity contribution in [3.63, 3.8) is 0 Å². The van der Waals surface area contributed by atoms with E-state index in [9.17, 15) is 13.2 Å². The Hall–Kier alpha value is -0.860. The summed E-state index contributed by atoms with van der Waals surface area (Å²) < 4.78 is 30.7. The summed E-state index contributed by atoms with van der Waals surface area (Å²) in [6, 6.07) is 4.25. The Labute approximate surface area is 120 Å². The van der Waals surface area contributed by atoms with Crippen LogP contribution in [0.25, 0.3) is 0 Å². The zero-order chi connectivity index (χ0) is 14.5. The third-order valence-corrected chi connectivity index (χ3v) is 4.40. The average molecular weight is 328 g/mol. The lowest BCUT2D eigenvalue weighted by atomic mass is 10.4. The van der Waals surface area contributed by atoms with Gasteiger partial charge in [-0.3, -0.25) is 0 Å². The predicted octanol–water partition coefficient (Wildman–Crippen LogP) is 1.37. The molecule has 9 heteroatoms. The van der Waals surface area contributed by atoms with E-state index >= 15 is 0 Å². The van der Waals surface area contributed by atoms with Gasteiger partial charge < -0.3 is 9.84 Å². The summed E-state index contributed by atoms with van der Waals surface area (Å²) in [6.07, 6.45) is 0. The Morgan fingerprint density at radius 1 is 1.37 bits per heavy atom. The van der Waals surface area contributed by atoms with Crippen molar-refractivity contribution in [2.45, 2.75) is 4.90 Å². The Bertz CT molecular complexity index is 561. The van der Waals surface area contributed by atoms with Crippen molar-refractivity contribution in [1.29, 1.82) is 0 Å². The molecule has 1 rings (SSSR count). The Morgan fingerprint density at radius 3 is 2.68 bits per heavy atom. The van der Waals surface area contributed by atoms with Crippen molar-refractivity contribution in [2.24, 2.45) is 0 Å². The van der Waals surface area contributed by atoms with Crippen LogP contribution in [-0.2, 0) is 19.6 Å². The zero-order valence-electron chi connectivity index (χ0n) is 9.60. The normalized spacial score (nSPS) is 11.5. The van der Waals surface area contributed by atoms with Crippen LogP contribution in [0.5, 0.6) is 0 Å². The highest BCUT2D eigenvalue weighted by Crippen LogP contribution is 2.28. The van der Waals surface area contributed by atoms with E-state index in [0.29, 0.717) is 0 Å². The highest BCUT2D eigenvalue weighted by atomic mass is 35.5. The van der Waals surface area contributed by atoms with Crippen LogP contribution in [0.15, 0.2) is 23.1 Å². The molecule has 0 aliphatic rings. The van der Waals surface area contributed by atoms with Crippen LogP contribution in [0, 0.1) is 0 Å². The van der Waals surface area contributed by atoms with Gasteiger partial charge in [-0.15, -0.1) is 0 Å². The van der Waals surface area contributed by atoms with E-state index in [1.807, 2.05) is 0 Å². The zero-order valence-corrected chi connectivity index (χ0v) is 11.9. The second-order valence-corrected chi connectivity index (χ2v) is 5.92. The molecule has 106 valence electrons. The highest BCUT2D eigenvalue weighted by molar-refractivity contribution is 7.89. The standard InChI is InChI=1S/C10H11Cl2NO5S/c11-7-2-1-3-8(10(7)12)19(16,17)13-4-5-18-6-9(14)15/h1-3,13H,4-6H2,(H,14,15). The molecule has 0 aliphatic carbocycles. The molecular formula is C10H11Cl2NO5S. The van der Waals surface area contributed by atoms with Crippen LogP contribution < -0.4 is 4.72 Å². The molecule has 0 spiro atoms. The van der Waals surface area contributed by atoms with Crippen LogP contribution in [0.2, 0.25) is 10.0 Å². The van der Waals surface area contributed by atoms with Crippen molar-refractivity contribution >= 4 is 39.2 Å². The van der Waals surface area contributed by atoms with E-state index in [1.165, 1.54) is 18.2 Å². The molecule has 1 aromatic carbocycles. The number of carboxylic acids is 1. The predicted molar refractivity (Wildman–Crippen MR) is 70.1 cm³/mol.